The molecule has 0 atom stereocenters. The SMILES string of the molecule is Cc1ccc(C)c(NC(=O)COC(=O)c2cnc(Cl)c(Cl)c2)c1. The number of hydrogen-bond donors (Lipinski definition) is 1. The molecule has 1 heterocycles. The van der Waals surface area contributed by atoms with Crippen LogP contribution in [0.4, 0.5) is 5.69 Å². The number of anilines is 1. The van der Waals surface area contributed by atoms with Crippen LogP contribution in [0.3, 0.4) is 0 Å². The monoisotopic (exact) mass is 352 g/mol. The smallest absolute Gasteiger partial charge is 0.340 e. The Hall–Kier alpha value is -2.11. The molecule has 0 saturated heterocycles. The fourth-order valence-electron chi connectivity index (χ4n) is 1.80. The molecule has 0 aliphatic heterocycles. The van der Waals surface area contributed by atoms with Crippen molar-refractivity contribution in [2.24, 2.45) is 0 Å². The number of rotatable bonds is 4. The minimum Gasteiger partial charge on any atom is -0.452 e. The Labute approximate surface area is 143 Å². The molecule has 23 heavy (non-hydrogen) atoms. The van der Waals surface area contributed by atoms with Gasteiger partial charge in [0.05, 0.1) is 10.6 Å². The number of ether oxygens (including phenoxy) is 1. The summed E-state index contributed by atoms with van der Waals surface area (Å²) in [5.41, 5.74) is 2.75. The zero-order chi connectivity index (χ0) is 17.0. The number of amides is 1. The van der Waals surface area contributed by atoms with Crippen LogP contribution in [0.5, 0.6) is 0 Å². The molecule has 120 valence electrons. The molecule has 5 nitrogen and oxygen atoms in total. The zero-order valence-corrected chi connectivity index (χ0v) is 14.0. The van der Waals surface area contributed by atoms with Crippen molar-refractivity contribution in [3.63, 3.8) is 0 Å². The number of carbonyl (C=O) groups is 2. The van der Waals surface area contributed by atoms with E-state index in [1.165, 1.54) is 12.3 Å². The molecule has 0 fully saturated rings. The van der Waals surface area contributed by atoms with Crippen molar-refractivity contribution >= 4 is 40.8 Å². The maximum absolute atomic E-state index is 11.9. The summed E-state index contributed by atoms with van der Waals surface area (Å²) in [5.74, 6) is -1.13. The normalized spacial score (nSPS) is 10.3. The van der Waals surface area contributed by atoms with Crippen LogP contribution in [0.2, 0.25) is 10.2 Å². The van der Waals surface area contributed by atoms with Crippen LogP contribution >= 0.6 is 23.2 Å². The van der Waals surface area contributed by atoms with Gasteiger partial charge in [0.15, 0.2) is 6.61 Å². The Morgan fingerprint density at radius 3 is 2.65 bits per heavy atom. The Morgan fingerprint density at radius 1 is 1.22 bits per heavy atom. The lowest BCUT2D eigenvalue weighted by Gasteiger charge is -2.10. The van der Waals surface area contributed by atoms with Crippen molar-refractivity contribution in [3.8, 4) is 0 Å². The van der Waals surface area contributed by atoms with Crippen LogP contribution in [0.25, 0.3) is 0 Å². The van der Waals surface area contributed by atoms with Crippen molar-refractivity contribution in [3.05, 3.63) is 57.3 Å². The predicted octanol–water partition coefficient (Wildman–Crippen LogP) is 3.80. The highest BCUT2D eigenvalue weighted by molar-refractivity contribution is 6.41. The predicted molar refractivity (Wildman–Crippen MR) is 89.1 cm³/mol. The molecule has 1 N–H and O–H groups in total. The van der Waals surface area contributed by atoms with Gasteiger partial charge in [-0.1, -0.05) is 35.3 Å². The summed E-state index contributed by atoms with van der Waals surface area (Å²) in [4.78, 5) is 27.5. The van der Waals surface area contributed by atoms with E-state index in [0.29, 0.717) is 5.69 Å². The molecule has 1 aromatic carbocycles. The number of hydrogen-bond acceptors (Lipinski definition) is 4. The van der Waals surface area contributed by atoms with Gasteiger partial charge >= 0.3 is 5.97 Å². The number of esters is 1. The van der Waals surface area contributed by atoms with Crippen LogP contribution in [-0.4, -0.2) is 23.5 Å². The van der Waals surface area contributed by atoms with Crippen molar-refractivity contribution in [1.82, 2.24) is 4.98 Å². The molecular formula is C16H14Cl2N2O3. The number of aryl methyl sites for hydroxylation is 2. The van der Waals surface area contributed by atoms with Crippen LogP contribution in [0.15, 0.2) is 30.5 Å². The Kier molecular flexibility index (Phi) is 5.58. The molecule has 0 bridgehead atoms. The van der Waals surface area contributed by atoms with Gasteiger partial charge < -0.3 is 10.1 Å². The van der Waals surface area contributed by atoms with Gasteiger partial charge in [-0.15, -0.1) is 0 Å². The third-order valence-corrected chi connectivity index (χ3v) is 3.72. The van der Waals surface area contributed by atoms with E-state index in [9.17, 15) is 9.59 Å². The van der Waals surface area contributed by atoms with E-state index in [4.69, 9.17) is 27.9 Å². The number of carbonyl (C=O) groups excluding carboxylic acids is 2. The highest BCUT2D eigenvalue weighted by Crippen LogP contribution is 2.20. The van der Waals surface area contributed by atoms with Gasteiger partial charge in [0.1, 0.15) is 5.15 Å². The van der Waals surface area contributed by atoms with Crippen LogP contribution in [0.1, 0.15) is 21.5 Å². The van der Waals surface area contributed by atoms with E-state index in [2.05, 4.69) is 10.3 Å². The average Bonchev–Trinajstić information content (AvgIpc) is 2.51. The molecule has 1 amide bonds. The molecule has 2 rings (SSSR count). The number of halogens is 2. The number of nitrogens with zero attached hydrogens (tertiary/aromatic N) is 1. The van der Waals surface area contributed by atoms with Crippen LogP contribution in [-0.2, 0) is 9.53 Å². The maximum Gasteiger partial charge on any atom is 0.340 e. The molecule has 7 heteroatoms. The third kappa shape index (κ3) is 4.68. The van der Waals surface area contributed by atoms with Gasteiger partial charge in [-0.3, -0.25) is 4.79 Å². The summed E-state index contributed by atoms with van der Waals surface area (Å²) in [6.07, 6.45) is 1.24. The van der Waals surface area contributed by atoms with Gasteiger partial charge in [0, 0.05) is 11.9 Å². The summed E-state index contributed by atoms with van der Waals surface area (Å²) in [7, 11) is 0. The molecule has 0 aliphatic carbocycles. The molecule has 0 unspecified atom stereocenters. The van der Waals surface area contributed by atoms with Gasteiger partial charge in [-0.2, -0.15) is 0 Å². The molecule has 0 spiro atoms. The minimum absolute atomic E-state index is 0.0934. The molecule has 2 aromatic rings. The lowest BCUT2D eigenvalue weighted by Crippen LogP contribution is -2.21. The highest BCUT2D eigenvalue weighted by Gasteiger charge is 2.13. The Morgan fingerprint density at radius 2 is 1.96 bits per heavy atom. The Balaban J connectivity index is 1.94. The fraction of sp³-hybridized carbons (Fsp3) is 0.188. The summed E-state index contributed by atoms with van der Waals surface area (Å²) in [6.45, 7) is 3.39. The van der Waals surface area contributed by atoms with Gasteiger partial charge in [-0.25, -0.2) is 9.78 Å². The standard InChI is InChI=1S/C16H14Cl2N2O3/c1-9-3-4-10(2)13(5-9)20-14(21)8-23-16(22)11-6-12(17)15(18)19-7-11/h3-7H,8H2,1-2H3,(H,20,21). The van der Waals surface area contributed by atoms with E-state index in [-0.39, 0.29) is 15.7 Å². The first kappa shape index (κ1) is 17.2. The van der Waals surface area contributed by atoms with Gasteiger partial charge in [0.25, 0.3) is 5.91 Å². The van der Waals surface area contributed by atoms with E-state index < -0.39 is 18.5 Å². The lowest BCUT2D eigenvalue weighted by atomic mass is 10.1. The second-order valence-electron chi connectivity index (χ2n) is 4.94. The quantitative estimate of drug-likeness (QED) is 0.671. The number of nitrogens with one attached hydrogen (secondary N) is 1. The van der Waals surface area contributed by atoms with E-state index in [0.717, 1.165) is 11.1 Å². The second kappa shape index (κ2) is 7.44. The fourth-order valence-corrected chi connectivity index (χ4v) is 2.07. The van der Waals surface area contributed by atoms with E-state index in [1.54, 1.807) is 0 Å². The zero-order valence-electron chi connectivity index (χ0n) is 12.5. The molecule has 0 saturated carbocycles. The molecular weight excluding hydrogens is 339 g/mol. The van der Waals surface area contributed by atoms with Gasteiger partial charge in [0.2, 0.25) is 0 Å². The number of benzene rings is 1. The number of aromatic nitrogens is 1. The number of pyridine rings is 1. The summed E-state index contributed by atoms with van der Waals surface area (Å²) in [6, 6.07) is 7.03. The summed E-state index contributed by atoms with van der Waals surface area (Å²) in [5, 5.41) is 2.93. The first-order chi connectivity index (χ1) is 10.9. The maximum atomic E-state index is 11.9. The Bertz CT molecular complexity index is 763. The minimum atomic E-state index is -0.702. The van der Waals surface area contributed by atoms with Crippen LogP contribution in [0, 0.1) is 13.8 Å². The molecule has 0 aliphatic rings. The topological polar surface area (TPSA) is 68.3 Å². The van der Waals surface area contributed by atoms with Crippen molar-refractivity contribution in [2.45, 2.75) is 13.8 Å². The first-order valence-corrected chi connectivity index (χ1v) is 7.47. The van der Waals surface area contributed by atoms with Crippen molar-refractivity contribution < 1.29 is 14.3 Å². The highest BCUT2D eigenvalue weighted by atomic mass is 35.5. The van der Waals surface area contributed by atoms with Crippen molar-refractivity contribution in [2.75, 3.05) is 11.9 Å². The lowest BCUT2D eigenvalue weighted by molar-refractivity contribution is -0.119. The first-order valence-electron chi connectivity index (χ1n) is 6.72. The summed E-state index contributed by atoms with van der Waals surface area (Å²) >= 11 is 11.5. The largest absolute Gasteiger partial charge is 0.452 e. The third-order valence-electron chi connectivity index (χ3n) is 3.03. The molecule has 1 aromatic heterocycles. The second-order valence-corrected chi connectivity index (χ2v) is 5.70. The van der Waals surface area contributed by atoms with Gasteiger partial charge in [-0.05, 0) is 37.1 Å². The molecule has 0 radical (unpaired) electrons. The van der Waals surface area contributed by atoms with Crippen LogP contribution < -0.4 is 5.32 Å². The summed E-state index contributed by atoms with van der Waals surface area (Å²) < 4.78 is 4.93. The van der Waals surface area contributed by atoms with E-state index >= 15 is 0 Å². The average molecular weight is 353 g/mol. The van der Waals surface area contributed by atoms with Crippen molar-refractivity contribution in [1.29, 1.82) is 0 Å². The van der Waals surface area contributed by atoms with E-state index in [1.807, 2.05) is 32.0 Å².